The number of amides is 1. The summed E-state index contributed by atoms with van der Waals surface area (Å²) in [6, 6.07) is 9.68. The van der Waals surface area contributed by atoms with Gasteiger partial charge in [0.05, 0.1) is 11.4 Å². The van der Waals surface area contributed by atoms with E-state index >= 15 is 0 Å². The Bertz CT molecular complexity index is 624. The number of fused-ring (bicyclic) bond motifs is 1. The molecule has 20 heavy (non-hydrogen) atoms. The third kappa shape index (κ3) is 2.58. The number of hydroxylamine groups is 2. The van der Waals surface area contributed by atoms with Crippen molar-refractivity contribution < 1.29 is 9.63 Å². The van der Waals surface area contributed by atoms with Crippen LogP contribution in [0.4, 0.5) is 0 Å². The number of nitrogens with two attached hydrogens (primary N) is 1. The maximum Gasteiger partial charge on any atom is 0.221 e. The molecule has 1 amide bonds. The van der Waals surface area contributed by atoms with E-state index < -0.39 is 0 Å². The second kappa shape index (κ2) is 5.46. The average molecular weight is 271 g/mol. The van der Waals surface area contributed by atoms with Gasteiger partial charge in [-0.25, -0.2) is 0 Å². The highest BCUT2D eigenvalue weighted by Crippen LogP contribution is 2.26. The summed E-state index contributed by atoms with van der Waals surface area (Å²) in [5.41, 5.74) is 6.28. The summed E-state index contributed by atoms with van der Waals surface area (Å²) >= 11 is 0. The number of benzene rings is 1. The predicted molar refractivity (Wildman–Crippen MR) is 75.9 cm³/mol. The minimum Gasteiger partial charge on any atom is -0.405 e. The molecular weight excluding hydrogens is 254 g/mol. The van der Waals surface area contributed by atoms with Crippen molar-refractivity contribution in [1.82, 2.24) is 10.0 Å². The summed E-state index contributed by atoms with van der Waals surface area (Å²) in [5, 5.41) is 2.79. The molecule has 0 aliphatic carbocycles. The Balaban J connectivity index is 1.81. The molecular formula is C15H17N3O2. The molecule has 1 aromatic carbocycles. The Morgan fingerprint density at radius 2 is 2.20 bits per heavy atom. The summed E-state index contributed by atoms with van der Waals surface area (Å²) in [6.07, 6.45) is 3.48. The Labute approximate surface area is 117 Å². The zero-order chi connectivity index (χ0) is 13.9. The molecule has 1 aromatic heterocycles. The fourth-order valence-electron chi connectivity index (χ4n) is 2.55. The summed E-state index contributed by atoms with van der Waals surface area (Å²) in [6.45, 7) is 1.35. The lowest BCUT2D eigenvalue weighted by Crippen LogP contribution is -2.42. The molecule has 5 nitrogen and oxygen atoms in total. The SMILES string of the molecule is NC(=O)C1CCCN(Oc2ccnc3ccccc23)C1. The van der Waals surface area contributed by atoms with Crippen LogP contribution in [0.25, 0.3) is 10.9 Å². The smallest absolute Gasteiger partial charge is 0.221 e. The van der Waals surface area contributed by atoms with Gasteiger partial charge in [-0.05, 0) is 25.0 Å². The fraction of sp³-hybridized carbons (Fsp3) is 0.333. The second-order valence-corrected chi connectivity index (χ2v) is 5.05. The number of nitrogens with zero attached hydrogens (tertiary/aromatic N) is 2. The molecule has 0 spiro atoms. The molecule has 0 saturated carbocycles. The van der Waals surface area contributed by atoms with Gasteiger partial charge >= 0.3 is 0 Å². The van der Waals surface area contributed by atoms with Gasteiger partial charge in [-0.1, -0.05) is 12.1 Å². The largest absolute Gasteiger partial charge is 0.405 e. The van der Waals surface area contributed by atoms with Gasteiger partial charge in [0.25, 0.3) is 0 Å². The zero-order valence-electron chi connectivity index (χ0n) is 11.2. The van der Waals surface area contributed by atoms with Crippen molar-refractivity contribution in [2.24, 2.45) is 11.7 Å². The van der Waals surface area contributed by atoms with Crippen LogP contribution in [-0.2, 0) is 4.79 Å². The molecule has 5 heteroatoms. The fourth-order valence-corrected chi connectivity index (χ4v) is 2.55. The van der Waals surface area contributed by atoms with Crippen molar-refractivity contribution in [3.05, 3.63) is 36.5 Å². The van der Waals surface area contributed by atoms with E-state index in [4.69, 9.17) is 10.6 Å². The number of aromatic nitrogens is 1. The van der Waals surface area contributed by atoms with Gasteiger partial charge in [0, 0.05) is 30.7 Å². The number of primary amides is 1. The van der Waals surface area contributed by atoms with Crippen molar-refractivity contribution >= 4 is 16.8 Å². The lowest BCUT2D eigenvalue weighted by molar-refractivity contribution is -0.132. The van der Waals surface area contributed by atoms with Gasteiger partial charge in [-0.2, -0.15) is 0 Å². The predicted octanol–water partition coefficient (Wildman–Crippen LogP) is 1.73. The van der Waals surface area contributed by atoms with E-state index in [9.17, 15) is 4.79 Å². The number of pyridine rings is 1. The third-order valence-electron chi connectivity index (χ3n) is 3.62. The standard InChI is InChI=1S/C15H17N3O2/c16-15(19)11-4-3-9-18(10-11)20-14-7-8-17-13-6-2-1-5-12(13)14/h1-2,5-8,11H,3-4,9-10H2,(H2,16,19). The van der Waals surface area contributed by atoms with Gasteiger partial charge in [0.15, 0.2) is 5.75 Å². The Morgan fingerprint density at radius 1 is 1.35 bits per heavy atom. The van der Waals surface area contributed by atoms with Crippen LogP contribution in [-0.4, -0.2) is 29.0 Å². The number of carbonyl (C=O) groups excluding carboxylic acids is 1. The summed E-state index contributed by atoms with van der Waals surface area (Å²) < 4.78 is 0. The van der Waals surface area contributed by atoms with Gasteiger partial charge in [-0.15, -0.1) is 5.06 Å². The zero-order valence-corrected chi connectivity index (χ0v) is 11.2. The number of para-hydroxylation sites is 1. The van der Waals surface area contributed by atoms with Crippen LogP contribution in [0.15, 0.2) is 36.5 Å². The van der Waals surface area contributed by atoms with Gasteiger partial charge < -0.3 is 10.6 Å². The van der Waals surface area contributed by atoms with Gasteiger partial charge in [-0.3, -0.25) is 9.78 Å². The van der Waals surface area contributed by atoms with Crippen molar-refractivity contribution in [2.45, 2.75) is 12.8 Å². The molecule has 1 aliphatic rings. The molecule has 1 atom stereocenters. The van der Waals surface area contributed by atoms with E-state index in [1.165, 1.54) is 0 Å². The molecule has 104 valence electrons. The van der Waals surface area contributed by atoms with Crippen LogP contribution in [0.2, 0.25) is 0 Å². The second-order valence-electron chi connectivity index (χ2n) is 5.05. The average Bonchev–Trinajstić information content (AvgIpc) is 2.48. The summed E-state index contributed by atoms with van der Waals surface area (Å²) in [4.78, 5) is 21.5. The lowest BCUT2D eigenvalue weighted by atomic mass is 9.99. The normalized spacial score (nSPS) is 19.9. The van der Waals surface area contributed by atoms with E-state index in [1.54, 1.807) is 6.20 Å². The van der Waals surface area contributed by atoms with E-state index in [0.717, 1.165) is 36.0 Å². The number of carbonyl (C=O) groups is 1. The lowest BCUT2D eigenvalue weighted by Gasteiger charge is -2.30. The highest BCUT2D eigenvalue weighted by atomic mass is 16.7. The topological polar surface area (TPSA) is 68.5 Å². The number of hydrogen-bond donors (Lipinski definition) is 1. The first kappa shape index (κ1) is 12.9. The minimum absolute atomic E-state index is 0.128. The van der Waals surface area contributed by atoms with Gasteiger partial charge in [0.1, 0.15) is 0 Å². The first-order valence-electron chi connectivity index (χ1n) is 6.80. The van der Waals surface area contributed by atoms with Crippen LogP contribution >= 0.6 is 0 Å². The molecule has 1 aliphatic heterocycles. The summed E-state index contributed by atoms with van der Waals surface area (Å²) in [5.74, 6) is 0.385. The van der Waals surface area contributed by atoms with Crippen molar-refractivity contribution in [3.8, 4) is 5.75 Å². The minimum atomic E-state index is -0.252. The monoisotopic (exact) mass is 271 g/mol. The molecule has 2 heterocycles. The van der Waals surface area contributed by atoms with Crippen LogP contribution in [0.1, 0.15) is 12.8 Å². The Morgan fingerprint density at radius 3 is 3.05 bits per heavy atom. The maximum atomic E-state index is 11.3. The molecule has 2 aromatic rings. The molecule has 3 rings (SSSR count). The van der Waals surface area contributed by atoms with Crippen LogP contribution in [0.5, 0.6) is 5.75 Å². The Kier molecular flexibility index (Phi) is 3.52. The Hall–Kier alpha value is -2.14. The van der Waals surface area contributed by atoms with E-state index in [-0.39, 0.29) is 11.8 Å². The molecule has 1 unspecified atom stereocenters. The van der Waals surface area contributed by atoms with Gasteiger partial charge in [0.2, 0.25) is 5.91 Å². The van der Waals surface area contributed by atoms with Crippen LogP contribution in [0, 0.1) is 5.92 Å². The van der Waals surface area contributed by atoms with E-state index in [1.807, 2.05) is 35.4 Å². The molecule has 0 bridgehead atoms. The maximum absolute atomic E-state index is 11.3. The van der Waals surface area contributed by atoms with E-state index in [2.05, 4.69) is 4.98 Å². The highest BCUT2D eigenvalue weighted by molar-refractivity contribution is 5.84. The third-order valence-corrected chi connectivity index (χ3v) is 3.62. The van der Waals surface area contributed by atoms with Crippen molar-refractivity contribution in [2.75, 3.05) is 13.1 Å². The van der Waals surface area contributed by atoms with Crippen LogP contribution < -0.4 is 10.6 Å². The molecule has 1 saturated heterocycles. The molecule has 1 fully saturated rings. The first-order valence-corrected chi connectivity index (χ1v) is 6.80. The van der Waals surface area contributed by atoms with E-state index in [0.29, 0.717) is 6.54 Å². The number of rotatable bonds is 3. The summed E-state index contributed by atoms with van der Waals surface area (Å²) in [7, 11) is 0. The molecule has 0 radical (unpaired) electrons. The first-order chi connectivity index (χ1) is 9.74. The van der Waals surface area contributed by atoms with Crippen molar-refractivity contribution in [1.29, 1.82) is 0 Å². The highest BCUT2D eigenvalue weighted by Gasteiger charge is 2.25. The van der Waals surface area contributed by atoms with Crippen molar-refractivity contribution in [3.63, 3.8) is 0 Å². The molecule has 2 N–H and O–H groups in total. The quantitative estimate of drug-likeness (QED) is 0.923. The number of piperidine rings is 1. The van der Waals surface area contributed by atoms with Crippen LogP contribution in [0.3, 0.4) is 0 Å². The number of hydrogen-bond acceptors (Lipinski definition) is 4.